The van der Waals surface area contributed by atoms with Gasteiger partial charge in [0.2, 0.25) is 0 Å². The van der Waals surface area contributed by atoms with Gasteiger partial charge in [-0.25, -0.2) is 4.98 Å². The number of ether oxygens (including phenoxy) is 1. The molecule has 0 amide bonds. The van der Waals surface area contributed by atoms with Crippen molar-refractivity contribution in [2.45, 2.75) is 6.61 Å². The molecule has 0 aliphatic carbocycles. The van der Waals surface area contributed by atoms with Crippen molar-refractivity contribution in [3.8, 4) is 0 Å². The monoisotopic (exact) mass is 246 g/mol. The first kappa shape index (κ1) is 12.8. The third-order valence-electron chi connectivity index (χ3n) is 3.02. The number of rotatable bonds is 5. The van der Waals surface area contributed by atoms with Gasteiger partial charge < -0.3 is 14.7 Å². The van der Waals surface area contributed by atoms with Gasteiger partial charge in [0.15, 0.2) is 0 Å². The number of fused-ring (bicyclic) bond motifs is 1. The Morgan fingerprint density at radius 2 is 2.00 bits per heavy atom. The Labute approximate surface area is 107 Å². The van der Waals surface area contributed by atoms with E-state index in [0.29, 0.717) is 6.61 Å². The van der Waals surface area contributed by atoms with Gasteiger partial charge >= 0.3 is 0 Å². The van der Waals surface area contributed by atoms with E-state index in [1.54, 1.807) is 13.3 Å². The molecule has 2 rings (SSSR count). The minimum atomic E-state index is 0.00950. The zero-order chi connectivity index (χ0) is 13.0. The first-order valence-electron chi connectivity index (χ1n) is 5.95. The van der Waals surface area contributed by atoms with Gasteiger partial charge in [-0.1, -0.05) is 24.3 Å². The molecule has 0 bridgehead atoms. The van der Waals surface area contributed by atoms with E-state index < -0.39 is 0 Å². The second kappa shape index (κ2) is 5.80. The van der Waals surface area contributed by atoms with Crippen LogP contribution in [-0.4, -0.2) is 37.4 Å². The third kappa shape index (κ3) is 2.44. The Balaban J connectivity index is 2.45. The number of hydrogen-bond donors (Lipinski definition) is 1. The van der Waals surface area contributed by atoms with Crippen LogP contribution in [0.15, 0.2) is 30.5 Å². The Morgan fingerprint density at radius 3 is 2.67 bits per heavy atom. The van der Waals surface area contributed by atoms with Gasteiger partial charge in [0, 0.05) is 37.8 Å². The maximum Gasteiger partial charge on any atom is 0.136 e. The fourth-order valence-electron chi connectivity index (χ4n) is 2.00. The summed E-state index contributed by atoms with van der Waals surface area (Å²) in [7, 11) is 3.68. The molecule has 0 aliphatic heterocycles. The molecule has 2 aromatic rings. The van der Waals surface area contributed by atoms with E-state index in [1.807, 2.05) is 31.3 Å². The predicted molar refractivity (Wildman–Crippen MR) is 72.8 cm³/mol. The summed E-state index contributed by atoms with van der Waals surface area (Å²) >= 11 is 0. The number of nitrogens with zero attached hydrogens (tertiary/aromatic N) is 2. The van der Waals surface area contributed by atoms with E-state index in [1.165, 1.54) is 0 Å². The number of aliphatic hydroxyl groups is 1. The Hall–Kier alpha value is -1.65. The lowest BCUT2D eigenvalue weighted by Gasteiger charge is -2.20. The van der Waals surface area contributed by atoms with Crippen molar-refractivity contribution in [2.75, 3.05) is 32.2 Å². The van der Waals surface area contributed by atoms with Crippen LogP contribution in [0.2, 0.25) is 0 Å². The summed E-state index contributed by atoms with van der Waals surface area (Å²) in [6, 6.07) is 8.00. The molecule has 1 heterocycles. The number of pyridine rings is 1. The zero-order valence-electron chi connectivity index (χ0n) is 10.8. The average Bonchev–Trinajstić information content (AvgIpc) is 2.43. The Bertz CT molecular complexity index is 528. The first-order valence-corrected chi connectivity index (χ1v) is 5.95. The summed E-state index contributed by atoms with van der Waals surface area (Å²) in [5.74, 6) is 0.917. The van der Waals surface area contributed by atoms with E-state index >= 15 is 0 Å². The van der Waals surface area contributed by atoms with E-state index in [0.717, 1.165) is 28.7 Å². The van der Waals surface area contributed by atoms with Crippen LogP contribution in [0.25, 0.3) is 10.8 Å². The molecule has 0 spiro atoms. The lowest BCUT2D eigenvalue weighted by Crippen LogP contribution is -2.23. The summed E-state index contributed by atoms with van der Waals surface area (Å²) in [6.45, 7) is 1.45. The molecule has 18 heavy (non-hydrogen) atoms. The van der Waals surface area contributed by atoms with Gasteiger partial charge in [0.05, 0.1) is 13.2 Å². The largest absolute Gasteiger partial charge is 0.392 e. The lowest BCUT2D eigenvalue weighted by atomic mass is 10.1. The van der Waals surface area contributed by atoms with Crippen molar-refractivity contribution < 1.29 is 9.84 Å². The molecule has 0 saturated heterocycles. The smallest absolute Gasteiger partial charge is 0.136 e. The van der Waals surface area contributed by atoms with E-state index in [2.05, 4.69) is 9.88 Å². The molecule has 0 radical (unpaired) electrons. The molecule has 1 N–H and O–H groups in total. The van der Waals surface area contributed by atoms with Crippen LogP contribution >= 0.6 is 0 Å². The van der Waals surface area contributed by atoms with Crippen LogP contribution in [0.5, 0.6) is 0 Å². The summed E-state index contributed by atoms with van der Waals surface area (Å²) < 4.78 is 5.08. The third-order valence-corrected chi connectivity index (χ3v) is 3.02. The van der Waals surface area contributed by atoms with Crippen LogP contribution in [0, 0.1) is 0 Å². The maximum atomic E-state index is 9.33. The van der Waals surface area contributed by atoms with Crippen LogP contribution in [0.4, 0.5) is 5.82 Å². The first-order chi connectivity index (χ1) is 8.77. The fraction of sp³-hybridized carbons (Fsp3) is 0.357. The highest BCUT2D eigenvalue weighted by Crippen LogP contribution is 2.26. The topological polar surface area (TPSA) is 45.6 Å². The SMILES string of the molecule is COCCN(C)c1ncc(CO)c2ccccc12. The highest BCUT2D eigenvalue weighted by Gasteiger charge is 2.09. The number of methoxy groups -OCH3 is 1. The van der Waals surface area contributed by atoms with Gasteiger partial charge in [0.1, 0.15) is 5.82 Å². The van der Waals surface area contributed by atoms with Crippen LogP contribution in [0.1, 0.15) is 5.56 Å². The lowest BCUT2D eigenvalue weighted by molar-refractivity contribution is 0.206. The second-order valence-corrected chi connectivity index (χ2v) is 4.23. The highest BCUT2D eigenvalue weighted by molar-refractivity contribution is 5.94. The van der Waals surface area contributed by atoms with E-state index in [4.69, 9.17) is 4.74 Å². The molecule has 0 fully saturated rings. The normalized spacial score (nSPS) is 10.8. The quantitative estimate of drug-likeness (QED) is 0.874. The summed E-state index contributed by atoms with van der Waals surface area (Å²) in [5, 5.41) is 11.4. The molecule has 1 aromatic heterocycles. The van der Waals surface area contributed by atoms with Crippen molar-refractivity contribution >= 4 is 16.6 Å². The minimum absolute atomic E-state index is 0.00950. The van der Waals surface area contributed by atoms with Crippen molar-refractivity contribution in [3.05, 3.63) is 36.0 Å². The number of aromatic nitrogens is 1. The number of likely N-dealkylation sites (N-methyl/N-ethyl adjacent to an activating group) is 1. The molecule has 0 atom stereocenters. The molecule has 4 nitrogen and oxygen atoms in total. The average molecular weight is 246 g/mol. The maximum absolute atomic E-state index is 9.33. The van der Waals surface area contributed by atoms with Crippen molar-refractivity contribution in [1.29, 1.82) is 0 Å². The fourth-order valence-corrected chi connectivity index (χ4v) is 2.00. The molecular formula is C14H18N2O2. The Kier molecular flexibility index (Phi) is 4.12. The molecule has 0 aliphatic rings. The summed E-state index contributed by atoms with van der Waals surface area (Å²) in [4.78, 5) is 6.50. The number of benzene rings is 1. The molecule has 0 saturated carbocycles. The molecule has 0 unspecified atom stereocenters. The predicted octanol–water partition coefficient (Wildman–Crippen LogP) is 1.81. The Morgan fingerprint density at radius 1 is 1.28 bits per heavy atom. The van der Waals surface area contributed by atoms with E-state index in [-0.39, 0.29) is 6.61 Å². The van der Waals surface area contributed by atoms with Gasteiger partial charge in [-0.05, 0) is 5.39 Å². The van der Waals surface area contributed by atoms with Gasteiger partial charge in [-0.2, -0.15) is 0 Å². The highest BCUT2D eigenvalue weighted by atomic mass is 16.5. The van der Waals surface area contributed by atoms with Crippen molar-refractivity contribution in [1.82, 2.24) is 4.98 Å². The molecule has 96 valence electrons. The number of aliphatic hydroxyl groups excluding tert-OH is 1. The summed E-state index contributed by atoms with van der Waals surface area (Å²) in [5.41, 5.74) is 0.856. The molecular weight excluding hydrogens is 228 g/mol. The van der Waals surface area contributed by atoms with Gasteiger partial charge in [0.25, 0.3) is 0 Å². The summed E-state index contributed by atoms with van der Waals surface area (Å²) in [6.07, 6.45) is 1.74. The van der Waals surface area contributed by atoms with Gasteiger partial charge in [-0.15, -0.1) is 0 Å². The van der Waals surface area contributed by atoms with Gasteiger partial charge in [-0.3, -0.25) is 0 Å². The van der Waals surface area contributed by atoms with Crippen molar-refractivity contribution in [2.24, 2.45) is 0 Å². The minimum Gasteiger partial charge on any atom is -0.392 e. The van der Waals surface area contributed by atoms with Crippen LogP contribution in [-0.2, 0) is 11.3 Å². The van der Waals surface area contributed by atoms with Crippen LogP contribution in [0.3, 0.4) is 0 Å². The molecule has 1 aromatic carbocycles. The van der Waals surface area contributed by atoms with E-state index in [9.17, 15) is 5.11 Å². The standard InChI is InChI=1S/C14H18N2O2/c1-16(7-8-18-2)14-13-6-4-3-5-12(13)11(10-17)9-15-14/h3-6,9,17H,7-8,10H2,1-2H3. The molecule has 4 heteroatoms. The second-order valence-electron chi connectivity index (χ2n) is 4.23. The number of anilines is 1. The van der Waals surface area contributed by atoms with Crippen LogP contribution < -0.4 is 4.90 Å². The number of hydrogen-bond acceptors (Lipinski definition) is 4. The zero-order valence-corrected chi connectivity index (χ0v) is 10.8. The van der Waals surface area contributed by atoms with Crippen molar-refractivity contribution in [3.63, 3.8) is 0 Å².